The van der Waals surface area contributed by atoms with Gasteiger partial charge in [-0.3, -0.25) is 9.99 Å². The molecule has 2 aliphatic rings. The Hall–Kier alpha value is -4.53. The molecule has 1 fully saturated rings. The van der Waals surface area contributed by atoms with E-state index >= 15 is 0 Å². The number of halogens is 4. The average Bonchev–Trinajstić information content (AvgIpc) is 3.73. The Morgan fingerprint density at radius 1 is 1.12 bits per heavy atom. The zero-order chi connectivity index (χ0) is 30.3. The van der Waals surface area contributed by atoms with Crippen molar-refractivity contribution in [2.75, 3.05) is 10.6 Å². The molecule has 1 aliphatic heterocycles. The van der Waals surface area contributed by atoms with E-state index < -0.39 is 29.6 Å². The van der Waals surface area contributed by atoms with Crippen molar-refractivity contribution >= 4 is 33.9 Å². The third kappa shape index (κ3) is 5.51. The number of nitrogens with zero attached hydrogens (tertiary/aromatic N) is 4. The number of pyridine rings is 2. The van der Waals surface area contributed by atoms with Gasteiger partial charge in [0.05, 0.1) is 40.9 Å². The molecule has 42 heavy (non-hydrogen) atoms. The molecule has 6 rings (SSSR count). The molecular weight excluding hydrogens is 565 g/mol. The number of aromatic nitrogens is 2. The summed E-state index contributed by atoms with van der Waals surface area (Å²) in [4.78, 5) is 7.89. The van der Waals surface area contributed by atoms with Crippen LogP contribution in [0.25, 0.3) is 10.9 Å². The highest BCUT2D eigenvalue weighted by Gasteiger charge is 2.32. The number of anilines is 2. The van der Waals surface area contributed by atoms with Crippen molar-refractivity contribution in [2.24, 2.45) is 0 Å². The lowest BCUT2D eigenvalue weighted by atomic mass is 10.0. The van der Waals surface area contributed by atoms with Crippen LogP contribution < -0.4 is 21.6 Å². The van der Waals surface area contributed by atoms with Crippen LogP contribution in [0, 0.1) is 28.9 Å². The second kappa shape index (κ2) is 11.4. The molecule has 4 N–H and O–H groups in total. The summed E-state index contributed by atoms with van der Waals surface area (Å²) >= 11 is 6.71. The molecule has 0 saturated heterocycles. The number of fused-ring (bicyclic) bond motifs is 1. The van der Waals surface area contributed by atoms with Gasteiger partial charge in [0.1, 0.15) is 11.9 Å². The minimum Gasteiger partial charge on any atom is -0.377 e. The molecule has 2 aromatic heterocycles. The van der Waals surface area contributed by atoms with Crippen LogP contribution in [0.15, 0.2) is 66.8 Å². The van der Waals surface area contributed by atoms with Crippen molar-refractivity contribution in [2.45, 2.75) is 44.3 Å². The third-order valence-electron chi connectivity index (χ3n) is 7.19. The van der Waals surface area contributed by atoms with Crippen LogP contribution in [-0.2, 0) is 0 Å². The van der Waals surface area contributed by atoms with E-state index in [1.54, 1.807) is 12.1 Å². The molecule has 2 atom stereocenters. The van der Waals surface area contributed by atoms with Gasteiger partial charge in [0.25, 0.3) is 0 Å². The van der Waals surface area contributed by atoms with Gasteiger partial charge in [-0.15, -0.1) is 5.53 Å². The van der Waals surface area contributed by atoms with Crippen LogP contribution in [0.3, 0.4) is 0 Å². The summed E-state index contributed by atoms with van der Waals surface area (Å²) in [5.74, 6) is -2.71. The van der Waals surface area contributed by atoms with Crippen LogP contribution in [0.1, 0.15) is 56.3 Å². The van der Waals surface area contributed by atoms with E-state index in [1.165, 1.54) is 36.7 Å². The van der Waals surface area contributed by atoms with Crippen LogP contribution in [0.2, 0.25) is 5.02 Å². The summed E-state index contributed by atoms with van der Waals surface area (Å²) in [6, 6.07) is 10.3. The lowest BCUT2D eigenvalue weighted by molar-refractivity contribution is 0.260. The quantitative estimate of drug-likeness (QED) is 0.161. The van der Waals surface area contributed by atoms with Crippen LogP contribution in [-0.4, -0.2) is 21.0 Å². The molecule has 0 radical (unpaired) electrons. The molecule has 2 unspecified atom stereocenters. The third-order valence-corrected chi connectivity index (χ3v) is 7.48. The number of benzene rings is 2. The maximum Gasteiger partial charge on any atom is 0.248 e. The van der Waals surface area contributed by atoms with Crippen molar-refractivity contribution in [3.05, 3.63) is 106 Å². The molecule has 1 aliphatic carbocycles. The summed E-state index contributed by atoms with van der Waals surface area (Å²) < 4.78 is 51.0. The molecule has 3 heterocycles. The minimum atomic E-state index is -1.61. The fourth-order valence-electron chi connectivity index (χ4n) is 4.85. The van der Waals surface area contributed by atoms with Crippen molar-refractivity contribution < 1.29 is 14.5 Å². The summed E-state index contributed by atoms with van der Waals surface area (Å²) in [6.45, 7) is 1.85. The minimum absolute atomic E-state index is 0.204. The highest BCUT2D eigenvalue weighted by Crippen LogP contribution is 2.38. The van der Waals surface area contributed by atoms with Crippen molar-refractivity contribution in [1.29, 1.82) is 5.26 Å². The summed E-state index contributed by atoms with van der Waals surface area (Å²) in [6.07, 6.45) is 6.95. The van der Waals surface area contributed by atoms with Gasteiger partial charge in [-0.05, 0) is 60.7 Å². The first kappa shape index (κ1) is 26.4. The molecule has 12 heteroatoms. The maximum atomic E-state index is 14.0. The van der Waals surface area contributed by atoms with Crippen LogP contribution in [0.4, 0.5) is 24.5 Å². The number of hydrazine groups is 2. The Labute approximate surface area is 246 Å². The first-order chi connectivity index (χ1) is 20.7. The van der Waals surface area contributed by atoms with Gasteiger partial charge >= 0.3 is 0 Å². The molecule has 214 valence electrons. The van der Waals surface area contributed by atoms with E-state index in [0.717, 1.165) is 18.9 Å². The molecule has 4 aromatic rings. The smallest absolute Gasteiger partial charge is 0.248 e. The molecule has 2 aromatic carbocycles. The molecule has 0 spiro atoms. The molecule has 1 saturated carbocycles. The van der Waals surface area contributed by atoms with E-state index in [2.05, 4.69) is 37.6 Å². The molecule has 0 amide bonds. The summed E-state index contributed by atoms with van der Waals surface area (Å²) in [5, 5.41) is 19.1. The molecule has 8 nitrogen and oxygen atoms in total. The van der Waals surface area contributed by atoms with Gasteiger partial charge in [0.2, 0.25) is 5.95 Å². The largest absolute Gasteiger partial charge is 0.377 e. The van der Waals surface area contributed by atoms with Gasteiger partial charge < -0.3 is 16.1 Å². The normalized spacial score (nSPS) is 17.1. The lowest BCUT2D eigenvalue weighted by Crippen LogP contribution is -2.38. The predicted octanol–water partition coefficient (Wildman–Crippen LogP) is 6.62. The maximum absolute atomic E-state index is 14.0. The van der Waals surface area contributed by atoms with Gasteiger partial charge in [-0.1, -0.05) is 30.7 Å². The van der Waals surface area contributed by atoms with E-state index in [0.29, 0.717) is 51.6 Å². The topological polar surface area (TPSA) is 101 Å². The summed E-state index contributed by atoms with van der Waals surface area (Å²) in [7, 11) is 0. The number of rotatable bonds is 9. The highest BCUT2D eigenvalue weighted by atomic mass is 35.5. The van der Waals surface area contributed by atoms with Crippen LogP contribution in [0.5, 0.6) is 0 Å². The monoisotopic (exact) mass is 591 g/mol. The first-order valence-electron chi connectivity index (χ1n) is 13.9. The number of nitriles is 1. The Morgan fingerprint density at radius 3 is 2.60 bits per heavy atom. The Balaban J connectivity index is 1.44. The zero-order valence-electron chi connectivity index (χ0n) is 23.4. The Morgan fingerprint density at radius 2 is 1.90 bits per heavy atom. The van der Waals surface area contributed by atoms with Gasteiger partial charge in [-0.25, -0.2) is 13.8 Å². The number of hydrogen-bond acceptors (Lipinski definition) is 8. The van der Waals surface area contributed by atoms with Crippen molar-refractivity contribution in [3.8, 4) is 6.07 Å². The zero-order valence-corrected chi connectivity index (χ0v) is 23.1. The Bertz CT molecular complexity index is 1780. The van der Waals surface area contributed by atoms with Gasteiger partial charge in [-0.2, -0.15) is 9.65 Å². The highest BCUT2D eigenvalue weighted by molar-refractivity contribution is 6.35. The van der Waals surface area contributed by atoms with Crippen molar-refractivity contribution in [1.82, 2.24) is 25.9 Å². The van der Waals surface area contributed by atoms with E-state index in [9.17, 15) is 19.8 Å². The van der Waals surface area contributed by atoms with Gasteiger partial charge in [0.15, 0.2) is 5.82 Å². The second-order valence-electron chi connectivity index (χ2n) is 10.1. The SMILES string of the molecule is [2H]C(Nc1cc(Cl)c2ncc(C#N)c(NC(CC)c3cnc(F)c(F)c3)c2c1)(C1=CN(C2CC2)NN1)c1ccc(F)cc1. The molecule has 0 bridgehead atoms. The number of nitrogens with one attached hydrogen (secondary N) is 4. The van der Waals surface area contributed by atoms with Gasteiger partial charge in [0, 0.05) is 35.7 Å². The van der Waals surface area contributed by atoms with E-state index in [4.69, 9.17) is 11.6 Å². The van der Waals surface area contributed by atoms with Crippen molar-refractivity contribution in [3.63, 3.8) is 0 Å². The first-order valence-corrected chi connectivity index (χ1v) is 13.7. The Kier molecular flexibility index (Phi) is 7.15. The standard InChI is InChI=1S/C30H26ClF3N8/c1-2-25(17-9-24(33)30(34)37-13-17)39-27-18(12-35)14-36-29-22(27)10-20(11-23(29)31)38-28(16-3-5-19(32)6-4-16)26-15-42(41-40-26)21-7-8-21/h3-6,9-11,13-15,21,25,28,38,40-41H,2,7-8H2,1H3,(H,36,39)/i28D. The lowest BCUT2D eigenvalue weighted by Gasteiger charge is -2.23. The van der Waals surface area contributed by atoms with E-state index in [1.807, 2.05) is 18.1 Å². The summed E-state index contributed by atoms with van der Waals surface area (Å²) in [5.41, 5.74) is 8.88. The fourth-order valence-corrected chi connectivity index (χ4v) is 5.12. The number of hydrogen-bond donors (Lipinski definition) is 4. The van der Waals surface area contributed by atoms with Crippen LogP contribution >= 0.6 is 11.6 Å². The molecular formula is C30H26ClF3N8. The average molecular weight is 592 g/mol. The fraction of sp³-hybridized carbons (Fsp3) is 0.233. The predicted molar refractivity (Wildman–Crippen MR) is 154 cm³/mol. The van der Waals surface area contributed by atoms with E-state index in [-0.39, 0.29) is 10.6 Å². The second-order valence-corrected chi connectivity index (χ2v) is 10.5.